The Bertz CT molecular complexity index is 691. The minimum atomic E-state index is -1.20. The van der Waals surface area contributed by atoms with E-state index in [1.165, 1.54) is 37.3 Å². The van der Waals surface area contributed by atoms with Crippen molar-refractivity contribution in [2.75, 3.05) is 0 Å². The number of hydrogen-bond donors (Lipinski definition) is 3. The van der Waals surface area contributed by atoms with E-state index in [0.29, 0.717) is 0 Å². The highest BCUT2D eigenvalue weighted by Crippen LogP contribution is 2.20. The van der Waals surface area contributed by atoms with Crippen LogP contribution in [0.25, 0.3) is 0 Å². The molecule has 0 aromatic heterocycles. The Hall–Kier alpha value is -2.47. The Morgan fingerprint density at radius 3 is 2.50 bits per heavy atom. The third-order valence-electron chi connectivity index (χ3n) is 3.23. The summed E-state index contributed by atoms with van der Waals surface area (Å²) in [5.74, 6) is -2.62. The Morgan fingerprint density at radius 1 is 1.14 bits per heavy atom. The van der Waals surface area contributed by atoms with Crippen LogP contribution < -0.4 is 5.32 Å². The number of rotatable bonds is 4. The number of aliphatic hydroxyl groups excluding tert-OH is 1. The summed E-state index contributed by atoms with van der Waals surface area (Å²) in [6.07, 6.45) is -1.20. The Morgan fingerprint density at radius 2 is 1.86 bits per heavy atom. The van der Waals surface area contributed by atoms with Crippen LogP contribution in [0.4, 0.5) is 8.78 Å². The highest BCUT2D eigenvalue weighted by molar-refractivity contribution is 5.94. The number of amides is 1. The fourth-order valence-corrected chi connectivity index (χ4v) is 2.00. The van der Waals surface area contributed by atoms with Crippen molar-refractivity contribution in [1.29, 1.82) is 0 Å². The number of hydrogen-bond acceptors (Lipinski definition) is 3. The molecule has 0 bridgehead atoms. The lowest BCUT2D eigenvalue weighted by Gasteiger charge is -2.21. The van der Waals surface area contributed by atoms with Gasteiger partial charge in [0, 0.05) is 5.56 Å². The number of halogens is 2. The Balaban J connectivity index is 2.09. The van der Waals surface area contributed by atoms with Gasteiger partial charge in [0.1, 0.15) is 5.75 Å². The molecule has 22 heavy (non-hydrogen) atoms. The highest BCUT2D eigenvalue weighted by Gasteiger charge is 2.20. The van der Waals surface area contributed by atoms with Crippen LogP contribution in [-0.4, -0.2) is 22.2 Å². The van der Waals surface area contributed by atoms with Crippen molar-refractivity contribution < 1.29 is 23.8 Å². The van der Waals surface area contributed by atoms with Gasteiger partial charge in [0.25, 0.3) is 5.91 Å². The molecule has 2 unspecified atom stereocenters. The molecule has 0 aliphatic heterocycles. The molecule has 4 nitrogen and oxygen atoms in total. The minimum absolute atomic E-state index is 0.0542. The first-order valence-electron chi connectivity index (χ1n) is 6.61. The summed E-state index contributed by atoms with van der Waals surface area (Å²) >= 11 is 0. The maximum absolute atomic E-state index is 13.2. The van der Waals surface area contributed by atoms with Crippen LogP contribution in [0.3, 0.4) is 0 Å². The topological polar surface area (TPSA) is 69.6 Å². The summed E-state index contributed by atoms with van der Waals surface area (Å²) in [7, 11) is 0. The third-order valence-corrected chi connectivity index (χ3v) is 3.23. The van der Waals surface area contributed by atoms with Gasteiger partial charge in [-0.25, -0.2) is 8.78 Å². The van der Waals surface area contributed by atoms with E-state index in [9.17, 15) is 23.8 Å². The monoisotopic (exact) mass is 307 g/mol. The number of aromatic hydroxyl groups is 1. The maximum atomic E-state index is 13.2. The molecular formula is C16H15F2NO3. The Labute approximate surface area is 126 Å². The van der Waals surface area contributed by atoms with E-state index >= 15 is 0 Å². The fraction of sp³-hybridized carbons (Fsp3) is 0.188. The molecule has 3 N–H and O–H groups in total. The molecule has 0 saturated heterocycles. The van der Waals surface area contributed by atoms with E-state index in [-0.39, 0.29) is 16.9 Å². The third kappa shape index (κ3) is 3.59. The van der Waals surface area contributed by atoms with Gasteiger partial charge in [-0.15, -0.1) is 0 Å². The number of carbonyl (C=O) groups excluding carboxylic acids is 1. The van der Waals surface area contributed by atoms with Crippen molar-refractivity contribution in [2.24, 2.45) is 0 Å². The molecule has 0 spiro atoms. The maximum Gasteiger partial charge on any atom is 0.251 e. The highest BCUT2D eigenvalue weighted by atomic mass is 19.2. The summed E-state index contributed by atoms with van der Waals surface area (Å²) in [5, 5.41) is 22.0. The first kappa shape index (κ1) is 15.9. The molecule has 2 aromatic rings. The van der Waals surface area contributed by atoms with Crippen molar-refractivity contribution in [3.63, 3.8) is 0 Å². The Kier molecular flexibility index (Phi) is 4.72. The van der Waals surface area contributed by atoms with Gasteiger partial charge in [0.05, 0.1) is 12.1 Å². The van der Waals surface area contributed by atoms with Gasteiger partial charge >= 0.3 is 0 Å². The SMILES string of the molecule is CC(NC(=O)c1cccc(O)c1)C(O)c1ccc(F)c(F)c1. The lowest BCUT2D eigenvalue weighted by Crippen LogP contribution is -2.37. The summed E-state index contributed by atoms with van der Waals surface area (Å²) in [5.41, 5.74) is 0.381. The van der Waals surface area contributed by atoms with Gasteiger partial charge in [-0.1, -0.05) is 12.1 Å². The normalized spacial score (nSPS) is 13.5. The molecule has 2 aromatic carbocycles. The first-order valence-corrected chi connectivity index (χ1v) is 6.61. The standard InChI is InChI=1S/C16H15F2NO3/c1-9(15(21)10-5-6-13(17)14(18)8-10)19-16(22)11-3-2-4-12(20)7-11/h2-9,15,20-21H,1H3,(H,19,22). The average molecular weight is 307 g/mol. The molecule has 0 fully saturated rings. The van der Waals surface area contributed by atoms with Crippen LogP contribution in [0.2, 0.25) is 0 Å². The van der Waals surface area contributed by atoms with Gasteiger partial charge in [-0.3, -0.25) is 4.79 Å². The minimum Gasteiger partial charge on any atom is -0.508 e. The molecule has 0 heterocycles. The fourth-order valence-electron chi connectivity index (χ4n) is 2.00. The summed E-state index contributed by atoms with van der Waals surface area (Å²) in [6.45, 7) is 1.53. The number of carbonyl (C=O) groups is 1. The largest absolute Gasteiger partial charge is 0.508 e. The number of nitrogens with one attached hydrogen (secondary N) is 1. The summed E-state index contributed by atoms with van der Waals surface area (Å²) < 4.78 is 26.1. The van der Waals surface area contributed by atoms with Crippen LogP contribution in [0.5, 0.6) is 5.75 Å². The van der Waals surface area contributed by atoms with Gasteiger partial charge in [0.2, 0.25) is 0 Å². The molecule has 0 saturated carbocycles. The van der Waals surface area contributed by atoms with Crippen molar-refractivity contribution >= 4 is 5.91 Å². The predicted octanol–water partition coefficient (Wildman–Crippen LogP) is 2.52. The quantitative estimate of drug-likeness (QED) is 0.813. The molecule has 0 aliphatic carbocycles. The number of aliphatic hydroxyl groups is 1. The van der Waals surface area contributed by atoms with Crippen LogP contribution in [0.1, 0.15) is 28.9 Å². The van der Waals surface area contributed by atoms with Crippen LogP contribution in [0.15, 0.2) is 42.5 Å². The van der Waals surface area contributed by atoms with Crippen LogP contribution in [-0.2, 0) is 0 Å². The molecule has 0 radical (unpaired) electrons. The van der Waals surface area contributed by atoms with Gasteiger partial charge < -0.3 is 15.5 Å². The molecule has 2 atom stereocenters. The van der Waals surface area contributed by atoms with Gasteiger partial charge in [-0.2, -0.15) is 0 Å². The van der Waals surface area contributed by atoms with E-state index in [0.717, 1.165) is 12.1 Å². The zero-order chi connectivity index (χ0) is 16.3. The van der Waals surface area contributed by atoms with Crippen molar-refractivity contribution in [2.45, 2.75) is 19.1 Å². The number of phenols is 1. The second kappa shape index (κ2) is 6.53. The predicted molar refractivity (Wildman–Crippen MR) is 76.4 cm³/mol. The summed E-state index contributed by atoms with van der Waals surface area (Å²) in [6, 6.07) is 8.04. The van der Waals surface area contributed by atoms with Crippen LogP contribution in [0, 0.1) is 11.6 Å². The molecule has 116 valence electrons. The van der Waals surface area contributed by atoms with E-state index < -0.39 is 29.7 Å². The lowest BCUT2D eigenvalue weighted by molar-refractivity contribution is 0.0851. The van der Waals surface area contributed by atoms with E-state index in [1.807, 2.05) is 0 Å². The van der Waals surface area contributed by atoms with E-state index in [1.54, 1.807) is 0 Å². The molecule has 1 amide bonds. The molecule has 2 rings (SSSR count). The molecular weight excluding hydrogens is 292 g/mol. The number of benzene rings is 2. The van der Waals surface area contributed by atoms with Crippen LogP contribution >= 0.6 is 0 Å². The molecule has 0 aliphatic rings. The zero-order valence-corrected chi connectivity index (χ0v) is 11.8. The molecule has 6 heteroatoms. The van der Waals surface area contributed by atoms with Crippen molar-refractivity contribution in [1.82, 2.24) is 5.32 Å². The van der Waals surface area contributed by atoms with Gasteiger partial charge in [0.15, 0.2) is 11.6 Å². The van der Waals surface area contributed by atoms with Crippen molar-refractivity contribution in [3.05, 3.63) is 65.2 Å². The summed E-state index contributed by atoms with van der Waals surface area (Å²) in [4.78, 5) is 12.0. The first-order chi connectivity index (χ1) is 10.4. The zero-order valence-electron chi connectivity index (χ0n) is 11.8. The lowest BCUT2D eigenvalue weighted by atomic mass is 10.0. The number of phenolic OH excluding ortho intramolecular Hbond substituents is 1. The van der Waals surface area contributed by atoms with E-state index in [2.05, 4.69) is 5.32 Å². The smallest absolute Gasteiger partial charge is 0.251 e. The average Bonchev–Trinajstić information content (AvgIpc) is 2.49. The van der Waals surface area contributed by atoms with Gasteiger partial charge in [-0.05, 0) is 42.8 Å². The van der Waals surface area contributed by atoms with Crippen molar-refractivity contribution in [3.8, 4) is 5.75 Å². The van der Waals surface area contributed by atoms with E-state index in [4.69, 9.17) is 0 Å². The second-order valence-electron chi connectivity index (χ2n) is 4.93. The second-order valence-corrected chi connectivity index (χ2v) is 4.93.